The number of ether oxygens (including phenoxy) is 1. The number of aliphatic hydroxyl groups excluding tert-OH is 1. The largest absolute Gasteiger partial charge is 0.429 e. The van der Waals surface area contributed by atoms with E-state index in [0.29, 0.717) is 6.54 Å². The van der Waals surface area contributed by atoms with Crippen LogP contribution in [-0.4, -0.2) is 41.2 Å². The second kappa shape index (κ2) is 1.94. The average Bonchev–Trinajstić information content (AvgIpc) is 2.13. The van der Waals surface area contributed by atoms with Crippen molar-refractivity contribution in [3.8, 4) is 0 Å². The van der Waals surface area contributed by atoms with Crippen LogP contribution in [0.4, 0.5) is 0 Å². The predicted octanol–water partition coefficient (Wildman–Crippen LogP) is -2.19. The Morgan fingerprint density at radius 2 is 2.45 bits per heavy atom. The van der Waals surface area contributed by atoms with Crippen molar-refractivity contribution in [3.05, 3.63) is 0 Å². The first-order valence-electron chi connectivity index (χ1n) is 3.47. The van der Waals surface area contributed by atoms with Gasteiger partial charge in [-0.15, -0.1) is 0 Å². The number of piperidine rings is 1. The minimum Gasteiger partial charge on any atom is -0.429 e. The van der Waals surface area contributed by atoms with Gasteiger partial charge < -0.3 is 20.3 Å². The minimum atomic E-state index is -1.68. The number of hydrogen-bond donors (Lipinski definition) is 3. The second-order valence-electron chi connectivity index (χ2n) is 2.95. The first kappa shape index (κ1) is 7.02. The van der Waals surface area contributed by atoms with Gasteiger partial charge in [-0.3, -0.25) is 4.79 Å². The molecule has 0 saturated carbocycles. The van der Waals surface area contributed by atoms with Crippen molar-refractivity contribution in [2.45, 2.75) is 11.9 Å². The molecule has 0 aromatic heterocycles. The molecule has 0 aromatic carbocycles. The highest BCUT2D eigenvalue weighted by Gasteiger charge is 2.56. The van der Waals surface area contributed by atoms with E-state index in [1.54, 1.807) is 0 Å². The number of hydrogen-bond acceptors (Lipinski definition) is 5. The molecule has 3 N–H and O–H groups in total. The quantitative estimate of drug-likeness (QED) is 0.350. The highest BCUT2D eigenvalue weighted by Crippen LogP contribution is 2.31. The summed E-state index contributed by atoms with van der Waals surface area (Å²) in [5.41, 5.74) is 0. The van der Waals surface area contributed by atoms with Gasteiger partial charge in [0, 0.05) is 6.54 Å². The number of rotatable bonds is 0. The molecule has 2 saturated heterocycles. The lowest BCUT2D eigenvalue weighted by Gasteiger charge is -2.29. The van der Waals surface area contributed by atoms with Crippen LogP contribution in [0.2, 0.25) is 0 Å². The van der Waals surface area contributed by atoms with Gasteiger partial charge in [-0.25, -0.2) is 0 Å². The fourth-order valence-electron chi connectivity index (χ4n) is 1.50. The van der Waals surface area contributed by atoms with Gasteiger partial charge in [-0.05, 0) is 0 Å². The fraction of sp³-hybridized carbons (Fsp3) is 0.833. The number of β-amino-alcohol motifs (C(OH)–C–C–N with tert-alkyl or cyclic N) is 1. The zero-order valence-corrected chi connectivity index (χ0v) is 5.78. The van der Waals surface area contributed by atoms with Gasteiger partial charge in [-0.2, -0.15) is 0 Å². The maximum absolute atomic E-state index is 10.9. The first-order chi connectivity index (χ1) is 5.13. The van der Waals surface area contributed by atoms with Gasteiger partial charge in [0.15, 0.2) is 0 Å². The summed E-state index contributed by atoms with van der Waals surface area (Å²) < 4.78 is 4.59. The average molecular weight is 159 g/mol. The Morgan fingerprint density at radius 3 is 3.00 bits per heavy atom. The Kier molecular flexibility index (Phi) is 1.24. The van der Waals surface area contributed by atoms with E-state index < -0.39 is 23.8 Å². The predicted molar refractivity (Wildman–Crippen MR) is 33.4 cm³/mol. The molecule has 0 aromatic rings. The second-order valence-corrected chi connectivity index (χ2v) is 2.95. The van der Waals surface area contributed by atoms with Crippen molar-refractivity contribution < 1.29 is 19.7 Å². The molecular weight excluding hydrogens is 150 g/mol. The van der Waals surface area contributed by atoms with Crippen LogP contribution in [0, 0.1) is 5.92 Å². The van der Waals surface area contributed by atoms with Crippen LogP contribution >= 0.6 is 0 Å². The third kappa shape index (κ3) is 0.786. The van der Waals surface area contributed by atoms with E-state index >= 15 is 0 Å². The molecule has 0 radical (unpaired) electrons. The summed E-state index contributed by atoms with van der Waals surface area (Å²) in [5.74, 6) is -2.81. The van der Waals surface area contributed by atoms with E-state index in [2.05, 4.69) is 10.1 Å². The number of aliphatic hydroxyl groups is 2. The van der Waals surface area contributed by atoms with Crippen molar-refractivity contribution >= 4 is 5.97 Å². The fourth-order valence-corrected chi connectivity index (χ4v) is 1.50. The molecule has 3 unspecified atom stereocenters. The van der Waals surface area contributed by atoms with Crippen molar-refractivity contribution in [2.75, 3.05) is 13.1 Å². The van der Waals surface area contributed by atoms with E-state index in [9.17, 15) is 15.0 Å². The molecule has 3 atom stereocenters. The molecule has 2 aliphatic heterocycles. The van der Waals surface area contributed by atoms with Crippen molar-refractivity contribution in [1.29, 1.82) is 0 Å². The molecular formula is C6H9NO4. The summed E-state index contributed by atoms with van der Waals surface area (Å²) in [4.78, 5) is 10.9. The topological polar surface area (TPSA) is 78.8 Å². The Bertz CT molecular complexity index is 207. The molecule has 0 aliphatic carbocycles. The van der Waals surface area contributed by atoms with Gasteiger partial charge in [0.2, 0.25) is 0 Å². The Labute approximate surface area is 63.0 Å². The molecule has 2 aliphatic rings. The van der Waals surface area contributed by atoms with Crippen LogP contribution in [0.25, 0.3) is 0 Å². The summed E-state index contributed by atoms with van der Waals surface area (Å²) in [6.07, 6.45) is -1.07. The zero-order valence-electron chi connectivity index (χ0n) is 5.78. The zero-order chi connectivity index (χ0) is 8.06. The van der Waals surface area contributed by atoms with Gasteiger partial charge in [-0.1, -0.05) is 0 Å². The lowest BCUT2D eigenvalue weighted by Crippen LogP contribution is -2.55. The van der Waals surface area contributed by atoms with E-state index in [4.69, 9.17) is 0 Å². The van der Waals surface area contributed by atoms with Crippen molar-refractivity contribution in [3.63, 3.8) is 0 Å². The molecule has 2 fully saturated rings. The van der Waals surface area contributed by atoms with Crippen LogP contribution in [0.15, 0.2) is 0 Å². The van der Waals surface area contributed by atoms with Crippen molar-refractivity contribution in [1.82, 2.24) is 5.32 Å². The van der Waals surface area contributed by atoms with Crippen LogP contribution < -0.4 is 5.32 Å². The van der Waals surface area contributed by atoms with E-state index in [1.807, 2.05) is 0 Å². The third-order valence-corrected chi connectivity index (χ3v) is 2.17. The molecule has 0 spiro atoms. The lowest BCUT2D eigenvalue weighted by atomic mass is 9.95. The summed E-state index contributed by atoms with van der Waals surface area (Å²) >= 11 is 0. The summed E-state index contributed by atoms with van der Waals surface area (Å²) in [7, 11) is 0. The third-order valence-electron chi connectivity index (χ3n) is 2.17. The molecule has 2 rings (SSSR count). The highest BCUT2D eigenvalue weighted by molar-refractivity contribution is 5.77. The van der Waals surface area contributed by atoms with Crippen LogP contribution in [-0.2, 0) is 9.53 Å². The monoisotopic (exact) mass is 159 g/mol. The molecule has 2 bridgehead atoms. The summed E-state index contributed by atoms with van der Waals surface area (Å²) in [5, 5.41) is 21.5. The lowest BCUT2D eigenvalue weighted by molar-refractivity contribution is -0.215. The molecule has 2 heterocycles. The van der Waals surface area contributed by atoms with E-state index in [0.717, 1.165) is 0 Å². The minimum absolute atomic E-state index is 0.108. The Morgan fingerprint density at radius 1 is 1.73 bits per heavy atom. The maximum atomic E-state index is 10.9. The molecule has 0 amide bonds. The van der Waals surface area contributed by atoms with Crippen LogP contribution in [0.5, 0.6) is 0 Å². The number of carbonyl (C=O) groups is 1. The van der Waals surface area contributed by atoms with Crippen LogP contribution in [0.3, 0.4) is 0 Å². The molecule has 11 heavy (non-hydrogen) atoms. The van der Waals surface area contributed by atoms with Gasteiger partial charge in [0.25, 0.3) is 5.79 Å². The number of fused-ring (bicyclic) bond motifs is 2. The maximum Gasteiger partial charge on any atom is 0.315 e. The number of nitrogens with one attached hydrogen (secondary N) is 1. The normalized spacial score (nSPS) is 49.1. The standard InChI is InChI=1S/C6H9NO4/c8-4-3-1-7-2-6(4,10)11-5(3)9/h3-4,7-8,10H,1-2H2. The Balaban J connectivity index is 2.31. The smallest absolute Gasteiger partial charge is 0.315 e. The van der Waals surface area contributed by atoms with E-state index in [-0.39, 0.29) is 6.54 Å². The van der Waals surface area contributed by atoms with Crippen molar-refractivity contribution in [2.24, 2.45) is 5.92 Å². The van der Waals surface area contributed by atoms with E-state index in [1.165, 1.54) is 0 Å². The summed E-state index contributed by atoms with van der Waals surface area (Å²) in [6.45, 7) is 0.485. The Hall–Kier alpha value is -0.650. The number of esters is 1. The number of carbonyl (C=O) groups excluding carboxylic acids is 1. The van der Waals surface area contributed by atoms with Gasteiger partial charge in [0.1, 0.15) is 12.0 Å². The van der Waals surface area contributed by atoms with Gasteiger partial charge >= 0.3 is 5.97 Å². The SMILES string of the molecule is O=C1OC2(O)CNCC1C2O. The first-order valence-corrected chi connectivity index (χ1v) is 3.47. The molecule has 5 heteroatoms. The highest BCUT2D eigenvalue weighted by atomic mass is 16.7. The van der Waals surface area contributed by atoms with Gasteiger partial charge in [0.05, 0.1) is 6.54 Å². The summed E-state index contributed by atoms with van der Waals surface area (Å²) in [6, 6.07) is 0. The van der Waals surface area contributed by atoms with Crippen LogP contribution in [0.1, 0.15) is 0 Å². The molecule has 5 nitrogen and oxygen atoms in total. The molecule has 62 valence electrons.